The molecule has 334 valence electrons. The van der Waals surface area contributed by atoms with Crippen LogP contribution in [0.25, 0.3) is 77.9 Å². The summed E-state index contributed by atoms with van der Waals surface area (Å²) in [6, 6.07) is 96.9. The molecule has 0 aromatic heterocycles. The molecule has 0 saturated heterocycles. The monoisotopic (exact) mass is 903 g/mol. The van der Waals surface area contributed by atoms with E-state index in [1.54, 1.807) is 0 Å². The topological polar surface area (TPSA) is 3.24 Å². The zero-order valence-electron chi connectivity index (χ0n) is 39.8. The number of fused-ring (bicyclic) bond motifs is 13. The van der Waals surface area contributed by atoms with Crippen LogP contribution in [0.15, 0.2) is 261 Å². The zero-order chi connectivity index (χ0) is 47.3. The van der Waals surface area contributed by atoms with E-state index >= 15 is 0 Å². The van der Waals surface area contributed by atoms with E-state index in [9.17, 15) is 0 Å². The van der Waals surface area contributed by atoms with Crippen LogP contribution in [0.1, 0.15) is 47.2 Å². The first-order chi connectivity index (χ1) is 35.0. The van der Waals surface area contributed by atoms with Crippen LogP contribution in [0.3, 0.4) is 0 Å². The quantitative estimate of drug-likeness (QED) is 0.154. The molecule has 3 aliphatic carbocycles. The van der Waals surface area contributed by atoms with Gasteiger partial charge in [-0.2, -0.15) is 0 Å². The number of rotatable bonds is 7. The molecule has 11 aromatic rings. The fraction of sp³-hybridized carbons (Fsp3) is 0.0571. The van der Waals surface area contributed by atoms with Crippen LogP contribution in [0.4, 0.5) is 17.1 Å². The molecule has 0 fully saturated rings. The van der Waals surface area contributed by atoms with E-state index in [4.69, 9.17) is 0 Å². The Bertz CT molecular complexity index is 3820. The number of hydrogen-bond acceptors (Lipinski definition) is 1. The van der Waals surface area contributed by atoms with Crippen LogP contribution >= 0.6 is 0 Å². The van der Waals surface area contributed by atoms with Gasteiger partial charge in [-0.25, -0.2) is 0 Å². The molecule has 1 spiro atoms. The van der Waals surface area contributed by atoms with Crippen LogP contribution in [0, 0.1) is 0 Å². The van der Waals surface area contributed by atoms with E-state index in [2.05, 4.69) is 280 Å². The van der Waals surface area contributed by atoms with E-state index in [1.807, 2.05) is 0 Å². The Balaban J connectivity index is 0.823. The molecule has 71 heavy (non-hydrogen) atoms. The summed E-state index contributed by atoms with van der Waals surface area (Å²) in [6.07, 6.45) is 0. The molecule has 11 aromatic carbocycles. The van der Waals surface area contributed by atoms with Crippen LogP contribution in [-0.4, -0.2) is 0 Å². The molecule has 0 N–H and O–H groups in total. The van der Waals surface area contributed by atoms with Crippen molar-refractivity contribution in [2.45, 2.75) is 24.7 Å². The molecule has 14 rings (SSSR count). The molecule has 0 amide bonds. The molecular formula is C70H49N. The Morgan fingerprint density at radius 1 is 0.239 bits per heavy atom. The smallest absolute Gasteiger partial charge is 0.0725 e. The predicted octanol–water partition coefficient (Wildman–Crippen LogP) is 18.5. The number of benzene rings is 11. The average Bonchev–Trinajstić information content (AvgIpc) is 4.00. The van der Waals surface area contributed by atoms with Crippen molar-refractivity contribution in [3.05, 3.63) is 294 Å². The molecule has 1 nitrogen and oxygen atoms in total. The highest BCUT2D eigenvalue weighted by molar-refractivity contribution is 6.00. The Morgan fingerprint density at radius 3 is 1.18 bits per heavy atom. The zero-order valence-corrected chi connectivity index (χ0v) is 39.8. The maximum atomic E-state index is 2.43. The maximum Gasteiger partial charge on any atom is 0.0725 e. The van der Waals surface area contributed by atoms with Gasteiger partial charge in [-0.3, -0.25) is 0 Å². The molecule has 0 bridgehead atoms. The molecule has 0 radical (unpaired) electrons. The van der Waals surface area contributed by atoms with Gasteiger partial charge in [0.25, 0.3) is 0 Å². The van der Waals surface area contributed by atoms with Crippen LogP contribution in [-0.2, 0) is 10.8 Å². The summed E-state index contributed by atoms with van der Waals surface area (Å²) in [5.41, 5.74) is 28.7. The summed E-state index contributed by atoms with van der Waals surface area (Å²) < 4.78 is 0. The second kappa shape index (κ2) is 15.9. The first-order valence-corrected chi connectivity index (χ1v) is 24.9. The molecular weight excluding hydrogens is 855 g/mol. The van der Waals surface area contributed by atoms with Gasteiger partial charge in [0, 0.05) is 22.5 Å². The predicted molar refractivity (Wildman–Crippen MR) is 297 cm³/mol. The highest BCUT2D eigenvalue weighted by Crippen LogP contribution is 2.64. The van der Waals surface area contributed by atoms with Crippen molar-refractivity contribution < 1.29 is 0 Å². The van der Waals surface area contributed by atoms with Crippen molar-refractivity contribution in [3.8, 4) is 77.9 Å². The third kappa shape index (κ3) is 6.19. The summed E-state index contributed by atoms with van der Waals surface area (Å²) in [5, 5.41) is 0. The SMILES string of the molecule is CC1(C)c2cc(-c3ccccc3)ccc2-c2ccc(N(c3ccc(-c4ccccc4)cc3)c3ccc(-c4ccc(-c5cccc6c5-c5ccccc5C65c6ccccc6-c6ccccc65)cc4)cc3)cc21. The first kappa shape index (κ1) is 41.2. The summed E-state index contributed by atoms with van der Waals surface area (Å²) in [6.45, 7) is 4.76. The van der Waals surface area contributed by atoms with E-state index in [1.165, 1.54) is 111 Å². The van der Waals surface area contributed by atoms with E-state index < -0.39 is 0 Å². The van der Waals surface area contributed by atoms with Crippen molar-refractivity contribution in [3.63, 3.8) is 0 Å². The number of hydrogen-bond donors (Lipinski definition) is 0. The molecule has 0 aliphatic heterocycles. The number of anilines is 3. The second-order valence-corrected chi connectivity index (χ2v) is 20.0. The lowest BCUT2D eigenvalue weighted by atomic mass is 9.70. The molecule has 0 unspecified atom stereocenters. The summed E-state index contributed by atoms with van der Waals surface area (Å²) in [4.78, 5) is 2.41. The molecule has 0 atom stereocenters. The van der Waals surface area contributed by atoms with Crippen molar-refractivity contribution in [2.24, 2.45) is 0 Å². The lowest BCUT2D eigenvalue weighted by molar-refractivity contribution is 0.660. The van der Waals surface area contributed by atoms with Gasteiger partial charge in [0.15, 0.2) is 0 Å². The van der Waals surface area contributed by atoms with Crippen molar-refractivity contribution >= 4 is 17.1 Å². The van der Waals surface area contributed by atoms with Crippen LogP contribution in [0.2, 0.25) is 0 Å². The number of nitrogens with zero attached hydrogens (tertiary/aromatic N) is 1. The normalized spacial score (nSPS) is 13.7. The average molecular weight is 904 g/mol. The summed E-state index contributed by atoms with van der Waals surface area (Å²) in [5.74, 6) is 0. The Hall–Kier alpha value is -8.78. The first-order valence-electron chi connectivity index (χ1n) is 24.9. The third-order valence-electron chi connectivity index (χ3n) is 15.9. The van der Waals surface area contributed by atoms with E-state index in [0.717, 1.165) is 17.1 Å². The Morgan fingerprint density at radius 2 is 0.606 bits per heavy atom. The van der Waals surface area contributed by atoms with Gasteiger partial charge in [-0.15, -0.1) is 0 Å². The van der Waals surface area contributed by atoms with Gasteiger partial charge in [-0.05, 0) is 154 Å². The maximum absolute atomic E-state index is 2.43. The molecule has 0 heterocycles. The van der Waals surface area contributed by atoms with Crippen molar-refractivity contribution in [1.29, 1.82) is 0 Å². The van der Waals surface area contributed by atoms with Gasteiger partial charge < -0.3 is 4.90 Å². The van der Waals surface area contributed by atoms with Crippen molar-refractivity contribution in [1.82, 2.24) is 0 Å². The highest BCUT2D eigenvalue weighted by Gasteiger charge is 2.52. The minimum absolute atomic E-state index is 0.178. The third-order valence-corrected chi connectivity index (χ3v) is 15.9. The van der Waals surface area contributed by atoms with Crippen LogP contribution < -0.4 is 4.90 Å². The molecule has 0 saturated carbocycles. The van der Waals surface area contributed by atoms with E-state index in [-0.39, 0.29) is 10.8 Å². The molecule has 1 heteroatoms. The summed E-state index contributed by atoms with van der Waals surface area (Å²) >= 11 is 0. The summed E-state index contributed by atoms with van der Waals surface area (Å²) in [7, 11) is 0. The minimum atomic E-state index is -0.359. The minimum Gasteiger partial charge on any atom is -0.310 e. The van der Waals surface area contributed by atoms with Gasteiger partial charge >= 0.3 is 0 Å². The lowest BCUT2D eigenvalue weighted by Crippen LogP contribution is -2.25. The van der Waals surface area contributed by atoms with E-state index in [0.29, 0.717) is 0 Å². The molecule has 3 aliphatic rings. The van der Waals surface area contributed by atoms with Gasteiger partial charge in [0.2, 0.25) is 0 Å². The Kier molecular flexibility index (Phi) is 9.22. The fourth-order valence-corrected chi connectivity index (χ4v) is 12.6. The largest absolute Gasteiger partial charge is 0.310 e. The second-order valence-electron chi connectivity index (χ2n) is 20.0. The Labute approximate surface area is 416 Å². The van der Waals surface area contributed by atoms with Gasteiger partial charge in [0.05, 0.1) is 5.41 Å². The highest BCUT2D eigenvalue weighted by atomic mass is 15.1. The van der Waals surface area contributed by atoms with Gasteiger partial charge in [-0.1, -0.05) is 232 Å². The van der Waals surface area contributed by atoms with Gasteiger partial charge in [0.1, 0.15) is 0 Å². The fourth-order valence-electron chi connectivity index (χ4n) is 12.6. The van der Waals surface area contributed by atoms with Crippen LogP contribution in [0.5, 0.6) is 0 Å². The standard InChI is InChI=1S/C70H49N/c1-69(2)66-44-52(47-18-7-4-8-19-47)36-42-59(66)60-43-41-55(45-67(60)69)71(53-37-32-49(33-38-53)46-16-5-3-6-17-46)54-39-34-50(35-40-54)48-28-30-51(31-29-48)56-23-15-27-65-68(56)61-22-11-14-26-64(61)70(65)62-24-12-9-20-57(62)58-21-10-13-25-63(58)70/h3-45H,1-2H3. The van der Waals surface area contributed by atoms with Crippen molar-refractivity contribution in [2.75, 3.05) is 4.90 Å². The lowest BCUT2D eigenvalue weighted by Gasteiger charge is -2.30.